The number of benzene rings is 2. The summed E-state index contributed by atoms with van der Waals surface area (Å²) in [7, 11) is -3.18. The van der Waals surface area contributed by atoms with Gasteiger partial charge in [-0.15, -0.1) is 12.4 Å². The van der Waals surface area contributed by atoms with E-state index in [0.29, 0.717) is 4.90 Å². The largest absolute Gasteiger partial charge is 0.354 e. The summed E-state index contributed by atoms with van der Waals surface area (Å²) in [4.78, 5) is 10.1. The summed E-state index contributed by atoms with van der Waals surface area (Å²) < 4.78 is 23.3. The predicted octanol–water partition coefficient (Wildman–Crippen LogP) is 4.37. The van der Waals surface area contributed by atoms with Crippen molar-refractivity contribution in [2.75, 3.05) is 43.9 Å². The summed E-state index contributed by atoms with van der Waals surface area (Å²) in [5, 5.41) is 2.35. The fourth-order valence-electron chi connectivity index (χ4n) is 3.81. The van der Waals surface area contributed by atoms with E-state index in [9.17, 15) is 8.42 Å². The summed E-state index contributed by atoms with van der Waals surface area (Å²) in [6, 6.07) is 17.4. The van der Waals surface area contributed by atoms with Crippen LogP contribution >= 0.6 is 12.4 Å². The summed E-state index contributed by atoms with van der Waals surface area (Å²) in [6.07, 6.45) is 5.19. The average molecular weight is 458 g/mol. The Hall–Kier alpha value is -2.41. The minimum atomic E-state index is -3.18. The molecule has 1 aliphatic heterocycles. The van der Waals surface area contributed by atoms with Gasteiger partial charge >= 0.3 is 0 Å². The van der Waals surface area contributed by atoms with E-state index in [0.717, 1.165) is 49.8 Å². The van der Waals surface area contributed by atoms with E-state index in [1.807, 2.05) is 24.3 Å². The number of sulfone groups is 1. The number of hydrogen-bond donors (Lipinski definition) is 0. The van der Waals surface area contributed by atoms with Crippen LogP contribution in [0.3, 0.4) is 0 Å². The van der Waals surface area contributed by atoms with Crippen molar-refractivity contribution in [3.8, 4) is 0 Å². The molecule has 0 bridgehead atoms. The SMILES string of the molecule is CCN1CCN(c2nc(/C=C/c3ccc(S(C)(=O)=O)cc3)cc3ccccc23)CC1.Cl. The molecule has 0 saturated carbocycles. The standard InChI is InChI=1S/C24H27N3O2S.ClH/c1-3-26-14-16-27(17-15-26)24-23-7-5-4-6-20(23)18-21(25-24)11-8-19-9-12-22(13-10-19)30(2,28)29;/h4-13,18H,3,14-17H2,1-2H3;1H/b11-8+;. The molecule has 0 radical (unpaired) electrons. The summed E-state index contributed by atoms with van der Waals surface area (Å²) in [6.45, 7) is 7.36. The Labute approximate surface area is 190 Å². The number of piperazine rings is 1. The Kier molecular flexibility index (Phi) is 7.36. The Balaban J connectivity index is 0.00000272. The molecule has 0 aliphatic carbocycles. The lowest BCUT2D eigenvalue weighted by Gasteiger charge is -2.35. The monoisotopic (exact) mass is 457 g/mol. The first-order chi connectivity index (χ1) is 14.4. The second kappa shape index (κ2) is 9.81. The van der Waals surface area contributed by atoms with E-state index >= 15 is 0 Å². The molecule has 1 aliphatic rings. The van der Waals surface area contributed by atoms with Crippen molar-refractivity contribution in [2.24, 2.45) is 0 Å². The number of halogens is 1. The van der Waals surface area contributed by atoms with Crippen LogP contribution in [0, 0.1) is 0 Å². The Bertz CT molecular complexity index is 1170. The highest BCUT2D eigenvalue weighted by molar-refractivity contribution is 7.90. The van der Waals surface area contributed by atoms with Gasteiger partial charge in [-0.2, -0.15) is 0 Å². The van der Waals surface area contributed by atoms with E-state index in [4.69, 9.17) is 4.98 Å². The molecular weight excluding hydrogens is 430 g/mol. The lowest BCUT2D eigenvalue weighted by molar-refractivity contribution is 0.271. The van der Waals surface area contributed by atoms with E-state index in [2.05, 4.69) is 47.1 Å². The van der Waals surface area contributed by atoms with Crippen LogP contribution in [0.15, 0.2) is 59.5 Å². The van der Waals surface area contributed by atoms with Crippen molar-refractivity contribution >= 4 is 51.0 Å². The number of anilines is 1. The van der Waals surface area contributed by atoms with Gasteiger partial charge in [-0.25, -0.2) is 13.4 Å². The first-order valence-corrected chi connectivity index (χ1v) is 12.2. The van der Waals surface area contributed by atoms with Crippen LogP contribution in [0.25, 0.3) is 22.9 Å². The van der Waals surface area contributed by atoms with Gasteiger partial charge in [0.15, 0.2) is 9.84 Å². The molecule has 0 atom stereocenters. The zero-order valence-electron chi connectivity index (χ0n) is 17.9. The van der Waals surface area contributed by atoms with Crippen molar-refractivity contribution in [1.82, 2.24) is 9.88 Å². The highest BCUT2D eigenvalue weighted by Crippen LogP contribution is 2.27. The van der Waals surface area contributed by atoms with Crippen molar-refractivity contribution in [1.29, 1.82) is 0 Å². The van der Waals surface area contributed by atoms with E-state index < -0.39 is 9.84 Å². The zero-order chi connectivity index (χ0) is 21.1. The highest BCUT2D eigenvalue weighted by atomic mass is 35.5. The first kappa shape index (κ1) is 23.3. The summed E-state index contributed by atoms with van der Waals surface area (Å²) in [5.74, 6) is 1.04. The van der Waals surface area contributed by atoms with Crippen LogP contribution in [0.2, 0.25) is 0 Å². The van der Waals surface area contributed by atoms with Gasteiger partial charge in [-0.1, -0.05) is 49.4 Å². The number of rotatable bonds is 5. The fraction of sp³-hybridized carbons (Fsp3) is 0.292. The molecule has 7 heteroatoms. The van der Waals surface area contributed by atoms with Crippen molar-refractivity contribution in [3.05, 3.63) is 65.9 Å². The molecule has 2 heterocycles. The van der Waals surface area contributed by atoms with Crippen LogP contribution < -0.4 is 4.90 Å². The van der Waals surface area contributed by atoms with Gasteiger partial charge in [-0.05, 0) is 41.8 Å². The maximum atomic E-state index is 11.6. The third-order valence-corrected chi connectivity index (χ3v) is 6.74. The fourth-order valence-corrected chi connectivity index (χ4v) is 4.44. The molecule has 2 aromatic carbocycles. The van der Waals surface area contributed by atoms with Gasteiger partial charge in [0, 0.05) is 37.8 Å². The number of fused-ring (bicyclic) bond motifs is 1. The van der Waals surface area contributed by atoms with Crippen LogP contribution in [0.5, 0.6) is 0 Å². The third-order valence-electron chi connectivity index (χ3n) is 5.61. The van der Waals surface area contributed by atoms with Gasteiger partial charge in [0.25, 0.3) is 0 Å². The Morgan fingerprint density at radius 2 is 1.65 bits per heavy atom. The smallest absolute Gasteiger partial charge is 0.175 e. The molecule has 0 unspecified atom stereocenters. The topological polar surface area (TPSA) is 53.5 Å². The lowest BCUT2D eigenvalue weighted by Crippen LogP contribution is -2.46. The molecular formula is C24H28ClN3O2S. The first-order valence-electron chi connectivity index (χ1n) is 10.3. The molecule has 31 heavy (non-hydrogen) atoms. The number of likely N-dealkylation sites (N-methyl/N-ethyl adjacent to an activating group) is 1. The number of aromatic nitrogens is 1. The number of hydrogen-bond acceptors (Lipinski definition) is 5. The minimum Gasteiger partial charge on any atom is -0.354 e. The quantitative estimate of drug-likeness (QED) is 0.569. The van der Waals surface area contributed by atoms with Gasteiger partial charge in [0.1, 0.15) is 5.82 Å². The van der Waals surface area contributed by atoms with Gasteiger partial charge < -0.3 is 9.80 Å². The molecule has 0 N–H and O–H groups in total. The summed E-state index contributed by atoms with van der Waals surface area (Å²) >= 11 is 0. The molecule has 3 aromatic rings. The molecule has 0 spiro atoms. The average Bonchev–Trinajstić information content (AvgIpc) is 2.77. The molecule has 4 rings (SSSR count). The highest BCUT2D eigenvalue weighted by Gasteiger charge is 2.19. The Morgan fingerprint density at radius 1 is 0.968 bits per heavy atom. The Morgan fingerprint density at radius 3 is 2.29 bits per heavy atom. The summed E-state index contributed by atoms with van der Waals surface area (Å²) in [5.41, 5.74) is 1.84. The second-order valence-electron chi connectivity index (χ2n) is 7.69. The third kappa shape index (κ3) is 5.45. The molecule has 1 saturated heterocycles. The molecule has 164 valence electrons. The minimum absolute atomic E-state index is 0. The predicted molar refractivity (Wildman–Crippen MR) is 132 cm³/mol. The lowest BCUT2D eigenvalue weighted by atomic mass is 10.1. The van der Waals surface area contributed by atoms with Crippen LogP contribution in [-0.2, 0) is 9.84 Å². The van der Waals surface area contributed by atoms with Crippen molar-refractivity contribution in [3.63, 3.8) is 0 Å². The normalized spacial score (nSPS) is 15.4. The zero-order valence-corrected chi connectivity index (χ0v) is 19.5. The van der Waals surface area contributed by atoms with Crippen LogP contribution in [0.1, 0.15) is 18.2 Å². The van der Waals surface area contributed by atoms with Crippen LogP contribution in [0.4, 0.5) is 5.82 Å². The van der Waals surface area contributed by atoms with Crippen LogP contribution in [-0.4, -0.2) is 57.3 Å². The molecule has 1 aromatic heterocycles. The van der Waals surface area contributed by atoms with Crippen molar-refractivity contribution < 1.29 is 8.42 Å². The van der Waals surface area contributed by atoms with Gasteiger partial charge in [0.05, 0.1) is 10.6 Å². The van der Waals surface area contributed by atoms with E-state index in [1.165, 1.54) is 17.0 Å². The van der Waals surface area contributed by atoms with E-state index in [-0.39, 0.29) is 12.4 Å². The van der Waals surface area contributed by atoms with Crippen molar-refractivity contribution in [2.45, 2.75) is 11.8 Å². The van der Waals surface area contributed by atoms with Gasteiger partial charge in [0.2, 0.25) is 0 Å². The second-order valence-corrected chi connectivity index (χ2v) is 9.70. The van der Waals surface area contributed by atoms with Gasteiger partial charge in [-0.3, -0.25) is 0 Å². The molecule has 5 nitrogen and oxygen atoms in total. The maximum absolute atomic E-state index is 11.6. The number of pyridine rings is 1. The number of nitrogens with zero attached hydrogens (tertiary/aromatic N) is 3. The molecule has 0 amide bonds. The molecule has 1 fully saturated rings. The van der Waals surface area contributed by atoms with E-state index in [1.54, 1.807) is 12.1 Å². The maximum Gasteiger partial charge on any atom is 0.175 e.